The molecule has 5 aromatic carbocycles. The molecule has 0 bridgehead atoms. The summed E-state index contributed by atoms with van der Waals surface area (Å²) in [4.78, 5) is 98.4. The number of carbonyl (C=O) groups is 5. The molecule has 6 aliphatic heterocycles. The number of piperidine rings is 2. The predicted octanol–water partition coefficient (Wildman–Crippen LogP) is 9.32. The van der Waals surface area contributed by atoms with Crippen molar-refractivity contribution in [2.24, 2.45) is 10.4 Å². The van der Waals surface area contributed by atoms with E-state index in [0.717, 1.165) is 80.2 Å². The highest BCUT2D eigenvalue weighted by atomic mass is 35.5. The molecule has 0 radical (unpaired) electrons. The van der Waals surface area contributed by atoms with Crippen molar-refractivity contribution in [1.29, 1.82) is 0 Å². The van der Waals surface area contributed by atoms with Gasteiger partial charge in [0.05, 0.1) is 49.1 Å². The number of hydrogen-bond donors (Lipinski definition) is 4. The third kappa shape index (κ3) is 18.2. The lowest BCUT2D eigenvalue weighted by atomic mass is 9.82. The summed E-state index contributed by atoms with van der Waals surface area (Å²) >= 11 is 12.8. The Bertz CT molecular complexity index is 3980. The summed E-state index contributed by atoms with van der Waals surface area (Å²) in [6.45, 7) is 17.4. The van der Waals surface area contributed by atoms with Gasteiger partial charge in [0.25, 0.3) is 0 Å². The number of aliphatic imine (C=N–C) groups is 1. The van der Waals surface area contributed by atoms with Gasteiger partial charge < -0.3 is 55.2 Å². The molecule has 4 N–H and O–H groups in total. The Balaban J connectivity index is 0.551. The molecular formula is C75H91Cl2F2N15O7. The molecule has 0 aliphatic carbocycles. The highest BCUT2D eigenvalue weighted by Crippen LogP contribution is 2.46. The van der Waals surface area contributed by atoms with E-state index in [4.69, 9.17) is 37.7 Å². The van der Waals surface area contributed by atoms with Crippen molar-refractivity contribution >= 4 is 76.0 Å². The molecule has 6 aromatic rings. The summed E-state index contributed by atoms with van der Waals surface area (Å²) in [5.41, 5.74) is 4.24. The number of piperazine rings is 3. The van der Waals surface area contributed by atoms with E-state index in [-0.39, 0.29) is 73.6 Å². The van der Waals surface area contributed by atoms with E-state index in [0.29, 0.717) is 122 Å². The SMILES string of the molecule is COc1ccc(C2=N[C@@H](c3ccc(Cl)cc3)[C@@H](c3ccc(Cl)cc3)N2C(=O)N2CCN(CC(=O)NCCN3CCN(CCC(=O)NCc4cccc(CNc5cc(N6CCC7(CC6)CN(c6cc(F)c(CN8CCC(C)(C)CC8)cc6F)CC(=O)N7)ncn5)c4)CC3)C(=O)C2)c(OC(C)C)c1. The molecule has 536 valence electrons. The quantitative estimate of drug-likeness (QED) is 0.0470. The number of nitrogens with one attached hydrogen (secondary N) is 4. The largest absolute Gasteiger partial charge is 0.497 e. The van der Waals surface area contributed by atoms with E-state index < -0.39 is 35.3 Å². The van der Waals surface area contributed by atoms with Crippen molar-refractivity contribution in [2.75, 3.05) is 133 Å². The molecule has 5 fully saturated rings. The average Bonchev–Trinajstić information content (AvgIpc) is 1.64. The number of benzene rings is 5. The maximum absolute atomic E-state index is 15.8. The molecule has 1 spiro atoms. The van der Waals surface area contributed by atoms with E-state index >= 15 is 13.6 Å². The molecule has 6 amide bonds. The fraction of sp³-hybridized carbons (Fsp3) is 0.467. The van der Waals surface area contributed by atoms with Crippen LogP contribution in [0.3, 0.4) is 0 Å². The number of ether oxygens (including phenoxy) is 2. The Morgan fingerprint density at radius 2 is 1.40 bits per heavy atom. The monoisotopic (exact) mass is 1420 g/mol. The Morgan fingerprint density at radius 1 is 0.703 bits per heavy atom. The number of carbonyl (C=O) groups excluding carboxylic acids is 5. The van der Waals surface area contributed by atoms with Crippen LogP contribution >= 0.6 is 23.2 Å². The van der Waals surface area contributed by atoms with Crippen LogP contribution in [0.25, 0.3) is 0 Å². The van der Waals surface area contributed by atoms with Gasteiger partial charge in [0, 0.05) is 138 Å². The normalized spacial score (nSPS) is 19.7. The third-order valence-corrected chi connectivity index (χ3v) is 20.7. The van der Waals surface area contributed by atoms with Gasteiger partial charge in [-0.05, 0) is 123 Å². The van der Waals surface area contributed by atoms with Crippen LogP contribution in [0.15, 0.2) is 121 Å². The summed E-state index contributed by atoms with van der Waals surface area (Å²) in [5.74, 6) is 0.927. The minimum absolute atomic E-state index is 0.0374. The average molecular weight is 1420 g/mol. The topological polar surface area (TPSA) is 216 Å². The van der Waals surface area contributed by atoms with Crippen LogP contribution in [0.5, 0.6) is 11.5 Å². The lowest BCUT2D eigenvalue weighted by molar-refractivity contribution is -0.139. The van der Waals surface area contributed by atoms with Crippen molar-refractivity contribution in [2.45, 2.75) is 103 Å². The van der Waals surface area contributed by atoms with E-state index in [9.17, 15) is 19.2 Å². The van der Waals surface area contributed by atoms with Gasteiger partial charge in [-0.1, -0.05) is 85.6 Å². The number of aromatic nitrogens is 2. The number of amidine groups is 1. The summed E-state index contributed by atoms with van der Waals surface area (Å²) in [6, 6.07) is 30.9. The van der Waals surface area contributed by atoms with Crippen molar-refractivity contribution < 1.29 is 42.2 Å². The first-order chi connectivity index (χ1) is 48.6. The van der Waals surface area contributed by atoms with Gasteiger partial charge in [-0.3, -0.25) is 38.9 Å². The molecule has 7 heterocycles. The van der Waals surface area contributed by atoms with Gasteiger partial charge in [-0.25, -0.2) is 23.5 Å². The second-order valence-corrected chi connectivity index (χ2v) is 29.2. The molecule has 6 aliphatic rings. The number of amides is 6. The fourth-order valence-corrected chi connectivity index (χ4v) is 14.6. The first kappa shape index (κ1) is 72.1. The van der Waals surface area contributed by atoms with Crippen molar-refractivity contribution in [1.82, 2.24) is 55.3 Å². The van der Waals surface area contributed by atoms with Gasteiger partial charge in [0.15, 0.2) is 0 Å². The van der Waals surface area contributed by atoms with Gasteiger partial charge >= 0.3 is 6.03 Å². The lowest BCUT2D eigenvalue weighted by Crippen LogP contribution is -2.66. The second kappa shape index (κ2) is 32.1. The summed E-state index contributed by atoms with van der Waals surface area (Å²) < 4.78 is 43.3. The van der Waals surface area contributed by atoms with Crippen LogP contribution in [0.4, 0.5) is 30.9 Å². The number of anilines is 3. The number of urea groups is 1. The Hall–Kier alpha value is -8.68. The highest BCUT2D eigenvalue weighted by Gasteiger charge is 2.47. The van der Waals surface area contributed by atoms with Gasteiger partial charge in [-0.2, -0.15) is 0 Å². The van der Waals surface area contributed by atoms with Crippen LogP contribution < -0.4 is 40.5 Å². The van der Waals surface area contributed by atoms with E-state index in [1.807, 2.05) is 68.4 Å². The molecule has 26 heteroatoms. The maximum Gasteiger partial charge on any atom is 0.326 e. The Labute approximate surface area is 599 Å². The molecule has 5 saturated heterocycles. The Kier molecular flexibility index (Phi) is 22.9. The number of methoxy groups -OCH3 is 1. The smallest absolute Gasteiger partial charge is 0.326 e. The highest BCUT2D eigenvalue weighted by molar-refractivity contribution is 6.30. The molecule has 2 atom stereocenters. The molecule has 101 heavy (non-hydrogen) atoms. The maximum atomic E-state index is 15.8. The van der Waals surface area contributed by atoms with Crippen molar-refractivity contribution in [3.63, 3.8) is 0 Å². The second-order valence-electron chi connectivity index (χ2n) is 28.4. The first-order valence-corrected chi connectivity index (χ1v) is 35.8. The molecule has 12 rings (SSSR count). The standard InChI is InChI=1S/C75H91Cl2F2N15O7/c1-50(2)101-63-39-58(100-5)17-18-59(63)72-85-70(53-9-13-56(76)14-10-53)71(54-11-15-57(77)16-12-54)94(72)73(99)92-36-35-91(69(98)47-92)45-67(96)80-24-30-88-33-31-87(32-34-88)25-19-66(95)82-43-52-8-6-7-51(37-52)42-81-64-41-65(84-49-83-64)90-28-22-75(23-29-90)48-93(46-68(97)86-75)62-40-60(78)55(38-61(62)79)44-89-26-20-74(3,4)21-27-89/h6-18,37-41,49-50,70-71H,19-36,42-48H2,1-5H3,(H,80,96)(H,82,95)(H,86,97)(H,81,83,84)/t70-,71+/m0/s1. The predicted molar refractivity (Wildman–Crippen MR) is 386 cm³/mol. The third-order valence-electron chi connectivity index (χ3n) is 20.2. The summed E-state index contributed by atoms with van der Waals surface area (Å²) in [5, 5.41) is 13.8. The summed E-state index contributed by atoms with van der Waals surface area (Å²) in [6.07, 6.45) is 4.87. The number of rotatable bonds is 23. The lowest BCUT2D eigenvalue weighted by Gasteiger charge is -2.48. The van der Waals surface area contributed by atoms with Crippen LogP contribution in [0.2, 0.25) is 10.0 Å². The fourth-order valence-electron chi connectivity index (χ4n) is 14.3. The van der Waals surface area contributed by atoms with Crippen molar-refractivity contribution in [3.8, 4) is 11.5 Å². The number of nitrogens with zero attached hydrogens (tertiary/aromatic N) is 11. The number of halogens is 4. The zero-order chi connectivity index (χ0) is 71.0. The van der Waals surface area contributed by atoms with Gasteiger partial charge in [0.2, 0.25) is 23.6 Å². The minimum Gasteiger partial charge on any atom is -0.497 e. The van der Waals surface area contributed by atoms with Crippen LogP contribution in [-0.2, 0) is 38.8 Å². The molecular weight excluding hydrogens is 1330 g/mol. The van der Waals surface area contributed by atoms with E-state index in [1.165, 1.54) is 28.3 Å². The minimum atomic E-state index is -0.659. The Morgan fingerprint density at radius 3 is 2.09 bits per heavy atom. The van der Waals surface area contributed by atoms with Crippen LogP contribution in [0, 0.1) is 17.0 Å². The first-order valence-electron chi connectivity index (χ1n) is 35.1. The van der Waals surface area contributed by atoms with Gasteiger partial charge in [-0.15, -0.1) is 0 Å². The van der Waals surface area contributed by atoms with Crippen LogP contribution in [0.1, 0.15) is 105 Å². The van der Waals surface area contributed by atoms with E-state index in [2.05, 4.69) is 70.7 Å². The van der Waals surface area contributed by atoms with Gasteiger partial charge in [0.1, 0.15) is 59.5 Å². The molecule has 22 nitrogen and oxygen atoms in total. The number of likely N-dealkylation sites (tertiary alicyclic amines) is 1. The van der Waals surface area contributed by atoms with Crippen molar-refractivity contribution in [3.05, 3.63) is 171 Å². The molecule has 0 saturated carbocycles. The molecule has 0 unspecified atom stereocenters. The zero-order valence-electron chi connectivity index (χ0n) is 58.2. The van der Waals surface area contributed by atoms with E-state index in [1.54, 1.807) is 53.3 Å². The summed E-state index contributed by atoms with van der Waals surface area (Å²) in [7, 11) is 1.57. The number of hydrogen-bond acceptors (Lipinski definition) is 16. The zero-order valence-corrected chi connectivity index (χ0v) is 59.7. The van der Waals surface area contributed by atoms with Crippen LogP contribution in [-0.4, -0.2) is 205 Å². The molecule has 1 aromatic heterocycles.